The molecule has 23 heavy (non-hydrogen) atoms. The first-order valence-corrected chi connectivity index (χ1v) is 7.48. The summed E-state index contributed by atoms with van der Waals surface area (Å²) in [6.07, 6.45) is -1.51. The summed E-state index contributed by atoms with van der Waals surface area (Å²) in [5.74, 6) is -0.224. The van der Waals surface area contributed by atoms with Gasteiger partial charge in [0.2, 0.25) is 5.91 Å². The van der Waals surface area contributed by atoms with Crippen LogP contribution in [0.2, 0.25) is 0 Å². The molecule has 10 heteroatoms. The van der Waals surface area contributed by atoms with E-state index in [-0.39, 0.29) is 16.9 Å². The lowest BCUT2D eigenvalue weighted by atomic mass is 10.2. The van der Waals surface area contributed by atoms with Crippen LogP contribution in [0.5, 0.6) is 0 Å². The normalized spacial score (nSPS) is 12.9. The molecule has 0 aliphatic heterocycles. The summed E-state index contributed by atoms with van der Waals surface area (Å²) in [5, 5.41) is 9.53. The van der Waals surface area contributed by atoms with Gasteiger partial charge in [-0.3, -0.25) is 14.3 Å². The van der Waals surface area contributed by atoms with Crippen molar-refractivity contribution in [1.82, 2.24) is 25.1 Å². The van der Waals surface area contributed by atoms with Gasteiger partial charge in [0.1, 0.15) is 6.54 Å². The Bertz CT molecular complexity index is 674. The molecule has 124 valence electrons. The molecular weight excluding hydrogens is 331 g/mol. The van der Waals surface area contributed by atoms with Gasteiger partial charge >= 0.3 is 6.18 Å². The van der Waals surface area contributed by atoms with Crippen molar-refractivity contribution in [2.75, 3.05) is 7.05 Å². The average molecular weight is 345 g/mol. The van der Waals surface area contributed by atoms with Crippen LogP contribution in [0.15, 0.2) is 29.7 Å². The topological polar surface area (TPSA) is 72.7 Å². The Morgan fingerprint density at radius 3 is 2.57 bits per heavy atom. The molecule has 6 nitrogen and oxygen atoms in total. The number of nitrogens with zero attached hydrogens (tertiary/aromatic N) is 4. The summed E-state index contributed by atoms with van der Waals surface area (Å²) in [6, 6.07) is 3.10. The lowest BCUT2D eigenvalue weighted by Crippen LogP contribution is -2.28. The third kappa shape index (κ3) is 4.44. The van der Waals surface area contributed by atoms with Crippen molar-refractivity contribution in [1.29, 1.82) is 0 Å². The standard InChI is InChI=1S/C13H14F3N5OS/c1-8(11(22)17-2)23-12-20-19-10(9-3-5-18-6-4-9)21(12)7-13(14,15)16/h3-6,8H,7H2,1-2H3,(H,17,22)/t8-/m1/s1. The molecule has 0 aliphatic carbocycles. The van der Waals surface area contributed by atoms with E-state index >= 15 is 0 Å². The third-order valence-corrected chi connectivity index (χ3v) is 3.97. The van der Waals surface area contributed by atoms with Crippen LogP contribution in [-0.4, -0.2) is 44.1 Å². The summed E-state index contributed by atoms with van der Waals surface area (Å²) in [4.78, 5) is 15.4. The number of carbonyl (C=O) groups excluding carboxylic acids is 1. The van der Waals surface area contributed by atoms with Gasteiger partial charge in [0.25, 0.3) is 0 Å². The van der Waals surface area contributed by atoms with E-state index in [0.29, 0.717) is 5.56 Å². The van der Waals surface area contributed by atoms with Crippen molar-refractivity contribution in [2.45, 2.75) is 30.1 Å². The van der Waals surface area contributed by atoms with Gasteiger partial charge in [-0.05, 0) is 19.1 Å². The zero-order valence-corrected chi connectivity index (χ0v) is 13.1. The maximum absolute atomic E-state index is 12.9. The van der Waals surface area contributed by atoms with E-state index < -0.39 is 18.0 Å². The first kappa shape index (κ1) is 17.3. The molecule has 2 rings (SSSR count). The Kier molecular flexibility index (Phi) is 5.24. The van der Waals surface area contributed by atoms with Gasteiger partial charge < -0.3 is 5.32 Å². The van der Waals surface area contributed by atoms with Crippen LogP contribution in [0.4, 0.5) is 13.2 Å². The molecule has 0 unspecified atom stereocenters. The fourth-order valence-corrected chi connectivity index (χ4v) is 2.73. The summed E-state index contributed by atoms with van der Waals surface area (Å²) in [5.41, 5.74) is 0.469. The van der Waals surface area contributed by atoms with Crippen LogP contribution in [0.25, 0.3) is 11.4 Å². The van der Waals surface area contributed by atoms with Gasteiger partial charge in [-0.1, -0.05) is 11.8 Å². The van der Waals surface area contributed by atoms with Crippen molar-refractivity contribution < 1.29 is 18.0 Å². The largest absolute Gasteiger partial charge is 0.406 e. The molecule has 1 N–H and O–H groups in total. The molecule has 0 fully saturated rings. The van der Waals surface area contributed by atoms with Crippen LogP contribution in [0.3, 0.4) is 0 Å². The van der Waals surface area contributed by atoms with Crippen molar-refractivity contribution in [2.24, 2.45) is 0 Å². The number of hydrogen-bond donors (Lipinski definition) is 1. The number of rotatable bonds is 5. The maximum Gasteiger partial charge on any atom is 0.406 e. The van der Waals surface area contributed by atoms with E-state index in [1.165, 1.54) is 19.4 Å². The number of halogens is 3. The van der Waals surface area contributed by atoms with E-state index in [4.69, 9.17) is 0 Å². The Labute approximate surface area is 134 Å². The lowest BCUT2D eigenvalue weighted by Gasteiger charge is -2.14. The molecule has 0 saturated heterocycles. The minimum absolute atomic E-state index is 0.0326. The highest BCUT2D eigenvalue weighted by molar-refractivity contribution is 8.00. The number of nitrogens with one attached hydrogen (secondary N) is 1. The van der Waals surface area contributed by atoms with Gasteiger partial charge in [-0.15, -0.1) is 10.2 Å². The zero-order chi connectivity index (χ0) is 17.0. The zero-order valence-electron chi connectivity index (χ0n) is 12.3. The molecule has 1 atom stereocenters. The predicted molar refractivity (Wildman–Crippen MR) is 78.7 cm³/mol. The first-order chi connectivity index (χ1) is 10.8. The van der Waals surface area contributed by atoms with Crippen LogP contribution < -0.4 is 5.32 Å². The molecule has 2 aromatic rings. The van der Waals surface area contributed by atoms with Crippen molar-refractivity contribution in [3.8, 4) is 11.4 Å². The smallest absolute Gasteiger partial charge is 0.358 e. The quantitative estimate of drug-likeness (QED) is 0.841. The molecule has 0 aliphatic rings. The van der Waals surface area contributed by atoms with E-state index in [2.05, 4.69) is 20.5 Å². The second-order valence-corrected chi connectivity index (χ2v) is 5.93. The number of pyridine rings is 1. The Hall–Kier alpha value is -2.10. The van der Waals surface area contributed by atoms with Gasteiger partial charge in [-0.2, -0.15) is 13.2 Å². The van der Waals surface area contributed by atoms with Crippen molar-refractivity contribution in [3.63, 3.8) is 0 Å². The number of thioether (sulfide) groups is 1. The number of aromatic nitrogens is 4. The average Bonchev–Trinajstić information content (AvgIpc) is 2.88. The van der Waals surface area contributed by atoms with E-state index in [1.54, 1.807) is 19.1 Å². The molecule has 0 radical (unpaired) electrons. The van der Waals surface area contributed by atoms with Crippen LogP contribution in [0.1, 0.15) is 6.92 Å². The Morgan fingerprint density at radius 2 is 2.00 bits per heavy atom. The van der Waals surface area contributed by atoms with Crippen molar-refractivity contribution >= 4 is 17.7 Å². The van der Waals surface area contributed by atoms with Crippen LogP contribution >= 0.6 is 11.8 Å². The minimum atomic E-state index is -4.43. The minimum Gasteiger partial charge on any atom is -0.358 e. The van der Waals surface area contributed by atoms with E-state index in [1.807, 2.05) is 0 Å². The highest BCUT2D eigenvalue weighted by Crippen LogP contribution is 2.30. The third-order valence-electron chi connectivity index (χ3n) is 2.89. The molecule has 0 bridgehead atoms. The van der Waals surface area contributed by atoms with Crippen molar-refractivity contribution in [3.05, 3.63) is 24.5 Å². The molecule has 0 aromatic carbocycles. The fraction of sp³-hybridized carbons (Fsp3) is 0.385. The van der Waals surface area contributed by atoms with Crippen LogP contribution in [0, 0.1) is 0 Å². The van der Waals surface area contributed by atoms with E-state index in [9.17, 15) is 18.0 Å². The molecule has 2 heterocycles. The summed E-state index contributed by atoms with van der Waals surface area (Å²) < 4.78 is 39.6. The number of alkyl halides is 3. The summed E-state index contributed by atoms with van der Waals surface area (Å²) in [7, 11) is 1.46. The van der Waals surface area contributed by atoms with E-state index in [0.717, 1.165) is 16.3 Å². The Morgan fingerprint density at radius 1 is 1.35 bits per heavy atom. The number of amides is 1. The van der Waals surface area contributed by atoms with Crippen LogP contribution in [-0.2, 0) is 11.3 Å². The lowest BCUT2D eigenvalue weighted by molar-refractivity contribution is -0.141. The van der Waals surface area contributed by atoms with Gasteiger partial charge in [0.15, 0.2) is 11.0 Å². The molecular formula is C13H14F3N5OS. The molecule has 2 aromatic heterocycles. The number of hydrogen-bond acceptors (Lipinski definition) is 5. The maximum atomic E-state index is 12.9. The summed E-state index contributed by atoms with van der Waals surface area (Å²) in [6.45, 7) is 0.350. The molecule has 0 spiro atoms. The highest BCUT2D eigenvalue weighted by atomic mass is 32.2. The second-order valence-electron chi connectivity index (χ2n) is 4.62. The van der Waals surface area contributed by atoms with Gasteiger partial charge in [0.05, 0.1) is 5.25 Å². The fourth-order valence-electron chi connectivity index (χ4n) is 1.83. The molecule has 0 saturated carbocycles. The first-order valence-electron chi connectivity index (χ1n) is 6.60. The Balaban J connectivity index is 2.39. The monoisotopic (exact) mass is 345 g/mol. The molecule has 1 amide bonds. The SMILES string of the molecule is CNC(=O)[C@@H](C)Sc1nnc(-c2ccncc2)n1CC(F)(F)F. The summed E-state index contributed by atoms with van der Waals surface area (Å²) >= 11 is 0.921. The predicted octanol–water partition coefficient (Wildman–Crippen LogP) is 2.13. The highest BCUT2D eigenvalue weighted by Gasteiger charge is 2.32. The van der Waals surface area contributed by atoms with Gasteiger partial charge in [-0.25, -0.2) is 0 Å². The number of carbonyl (C=O) groups is 1. The van der Waals surface area contributed by atoms with Gasteiger partial charge in [0, 0.05) is 25.0 Å². The second kappa shape index (κ2) is 6.99.